The van der Waals surface area contributed by atoms with Gasteiger partial charge in [0.05, 0.1) is 34.8 Å². The molecule has 3 rings (SSSR count). The highest BCUT2D eigenvalue weighted by Gasteiger charge is 2.15. The number of halogens is 1. The molecule has 0 unspecified atom stereocenters. The molecule has 0 aliphatic heterocycles. The van der Waals surface area contributed by atoms with E-state index >= 15 is 0 Å². The first-order chi connectivity index (χ1) is 14.9. The van der Waals surface area contributed by atoms with Crippen LogP contribution in [0, 0.1) is 25.2 Å². The van der Waals surface area contributed by atoms with Gasteiger partial charge in [-0.25, -0.2) is 9.78 Å². The number of aromatic amines is 1. The number of esters is 1. The van der Waals surface area contributed by atoms with E-state index in [0.29, 0.717) is 39.5 Å². The molecule has 0 aliphatic rings. The predicted octanol–water partition coefficient (Wildman–Crippen LogP) is 4.96. The summed E-state index contributed by atoms with van der Waals surface area (Å²) in [5.41, 5.74) is 5.07. The number of nitrogens with zero attached hydrogens (tertiary/aromatic N) is 2. The van der Waals surface area contributed by atoms with Crippen molar-refractivity contribution < 1.29 is 19.0 Å². The van der Waals surface area contributed by atoms with Crippen LogP contribution in [0.3, 0.4) is 0 Å². The van der Waals surface area contributed by atoms with E-state index in [9.17, 15) is 10.1 Å². The molecule has 0 saturated heterocycles. The van der Waals surface area contributed by atoms with Crippen LogP contribution in [0.1, 0.15) is 29.4 Å². The Kier molecular flexibility index (Phi) is 6.98. The first-order valence-corrected chi connectivity index (χ1v) is 10.4. The highest BCUT2D eigenvalue weighted by Crippen LogP contribution is 2.38. The zero-order valence-electron chi connectivity index (χ0n) is 17.7. The van der Waals surface area contributed by atoms with E-state index in [1.54, 1.807) is 18.2 Å². The van der Waals surface area contributed by atoms with E-state index in [4.69, 9.17) is 9.47 Å². The summed E-state index contributed by atoms with van der Waals surface area (Å²) in [7, 11) is 1.29. The Morgan fingerprint density at radius 3 is 2.65 bits per heavy atom. The highest BCUT2D eigenvalue weighted by molar-refractivity contribution is 9.10. The molecule has 0 atom stereocenters. The molecule has 7 nitrogen and oxygen atoms in total. The fraction of sp³-hybridized carbons (Fsp3) is 0.261. The molecule has 1 N–H and O–H groups in total. The Balaban J connectivity index is 2.00. The molecule has 160 valence electrons. The molecule has 0 aliphatic carbocycles. The Bertz CT molecular complexity index is 1170. The monoisotopic (exact) mass is 483 g/mol. The normalized spacial score (nSPS) is 11.3. The largest absolute Gasteiger partial charge is 0.490 e. The topological polar surface area (TPSA) is 97.2 Å². The van der Waals surface area contributed by atoms with E-state index in [-0.39, 0.29) is 6.61 Å². The van der Waals surface area contributed by atoms with Crippen LogP contribution in [0.25, 0.3) is 22.7 Å². The molecule has 0 fully saturated rings. The molecule has 0 bridgehead atoms. The number of benzene rings is 2. The molecule has 2 aromatic carbocycles. The molecule has 31 heavy (non-hydrogen) atoms. The van der Waals surface area contributed by atoms with E-state index in [1.165, 1.54) is 7.11 Å². The van der Waals surface area contributed by atoms with Gasteiger partial charge in [-0.2, -0.15) is 5.26 Å². The van der Waals surface area contributed by atoms with Gasteiger partial charge in [-0.15, -0.1) is 0 Å². The second-order valence-electron chi connectivity index (χ2n) is 6.84. The maximum absolute atomic E-state index is 11.4. The Labute approximate surface area is 188 Å². The molecule has 1 heterocycles. The number of nitriles is 1. The van der Waals surface area contributed by atoms with Gasteiger partial charge in [0.1, 0.15) is 11.9 Å². The van der Waals surface area contributed by atoms with E-state index in [0.717, 1.165) is 22.2 Å². The van der Waals surface area contributed by atoms with E-state index in [1.807, 2.05) is 32.9 Å². The molecular formula is C23H22BrN3O4. The van der Waals surface area contributed by atoms with Crippen molar-refractivity contribution in [1.29, 1.82) is 5.26 Å². The van der Waals surface area contributed by atoms with Crippen LogP contribution in [0.2, 0.25) is 0 Å². The zero-order chi connectivity index (χ0) is 22.5. The second-order valence-corrected chi connectivity index (χ2v) is 7.69. The number of rotatable bonds is 7. The smallest absolute Gasteiger partial charge is 0.343 e. The molecule has 3 aromatic rings. The maximum atomic E-state index is 11.4. The zero-order valence-corrected chi connectivity index (χ0v) is 19.3. The van der Waals surface area contributed by atoms with Crippen LogP contribution >= 0.6 is 15.9 Å². The van der Waals surface area contributed by atoms with Crippen molar-refractivity contribution >= 4 is 44.6 Å². The number of hydrogen-bond donors (Lipinski definition) is 1. The van der Waals surface area contributed by atoms with Crippen LogP contribution in [-0.2, 0) is 9.53 Å². The number of allylic oxidation sites excluding steroid dienone is 1. The van der Waals surface area contributed by atoms with Crippen molar-refractivity contribution in [2.75, 3.05) is 20.3 Å². The van der Waals surface area contributed by atoms with Crippen LogP contribution in [0.4, 0.5) is 0 Å². The van der Waals surface area contributed by atoms with Gasteiger partial charge in [0.25, 0.3) is 0 Å². The second kappa shape index (κ2) is 9.67. The molecule has 8 heteroatoms. The average molecular weight is 484 g/mol. The summed E-state index contributed by atoms with van der Waals surface area (Å²) in [5.74, 6) is 0.820. The van der Waals surface area contributed by atoms with Crippen molar-refractivity contribution in [2.45, 2.75) is 20.8 Å². The van der Waals surface area contributed by atoms with Crippen LogP contribution < -0.4 is 9.47 Å². The Morgan fingerprint density at radius 1 is 1.23 bits per heavy atom. The molecule has 0 radical (unpaired) electrons. The standard InChI is InChI=1S/C23H22BrN3O4/c1-5-30-20-10-15(9-17(24)22(20)31-12-21(28)29-4)8-16(11-25)23-26-18-6-13(2)14(3)7-19(18)27-23/h6-10H,5,12H2,1-4H3,(H,26,27)/b16-8-. The molecule has 0 saturated carbocycles. The predicted molar refractivity (Wildman–Crippen MR) is 122 cm³/mol. The molecular weight excluding hydrogens is 462 g/mol. The lowest BCUT2D eigenvalue weighted by molar-refractivity contribution is -0.142. The number of nitrogens with one attached hydrogen (secondary N) is 1. The van der Waals surface area contributed by atoms with Crippen LogP contribution in [0.5, 0.6) is 11.5 Å². The van der Waals surface area contributed by atoms with Gasteiger partial charge in [-0.1, -0.05) is 0 Å². The van der Waals surface area contributed by atoms with Crippen molar-refractivity contribution in [3.8, 4) is 17.6 Å². The van der Waals surface area contributed by atoms with Crippen LogP contribution in [0.15, 0.2) is 28.7 Å². The maximum Gasteiger partial charge on any atom is 0.343 e. The molecule has 1 aromatic heterocycles. The Hall–Kier alpha value is -3.31. The quantitative estimate of drug-likeness (QED) is 0.376. The minimum Gasteiger partial charge on any atom is -0.490 e. The first-order valence-electron chi connectivity index (χ1n) is 9.61. The van der Waals surface area contributed by atoms with Gasteiger partial charge in [0, 0.05) is 0 Å². The van der Waals surface area contributed by atoms with E-state index < -0.39 is 5.97 Å². The summed E-state index contributed by atoms with van der Waals surface area (Å²) in [5, 5.41) is 9.75. The van der Waals surface area contributed by atoms with Crippen molar-refractivity contribution in [2.24, 2.45) is 0 Å². The van der Waals surface area contributed by atoms with Gasteiger partial charge in [-0.3, -0.25) is 0 Å². The lowest BCUT2D eigenvalue weighted by Gasteiger charge is -2.14. The summed E-state index contributed by atoms with van der Waals surface area (Å²) >= 11 is 3.46. The summed E-state index contributed by atoms with van der Waals surface area (Å²) < 4.78 is 16.4. The number of aromatic nitrogens is 2. The van der Waals surface area contributed by atoms with Crippen molar-refractivity contribution in [3.05, 3.63) is 51.3 Å². The third-order valence-corrected chi connectivity index (χ3v) is 5.27. The van der Waals surface area contributed by atoms with E-state index in [2.05, 4.69) is 36.7 Å². The van der Waals surface area contributed by atoms with Gasteiger partial charge >= 0.3 is 5.97 Å². The number of H-pyrrole nitrogens is 1. The summed E-state index contributed by atoms with van der Waals surface area (Å²) in [4.78, 5) is 19.2. The number of imidazole rings is 1. The third-order valence-electron chi connectivity index (χ3n) is 4.68. The fourth-order valence-corrected chi connectivity index (χ4v) is 3.56. The number of carbonyl (C=O) groups is 1. The van der Waals surface area contributed by atoms with Crippen LogP contribution in [-0.4, -0.2) is 36.3 Å². The fourth-order valence-electron chi connectivity index (χ4n) is 2.98. The van der Waals surface area contributed by atoms with Crippen molar-refractivity contribution in [3.63, 3.8) is 0 Å². The van der Waals surface area contributed by atoms with Gasteiger partial charge in [0.15, 0.2) is 18.1 Å². The summed E-state index contributed by atoms with van der Waals surface area (Å²) in [6.45, 7) is 6.07. The van der Waals surface area contributed by atoms with Gasteiger partial charge in [-0.05, 0) is 83.7 Å². The summed E-state index contributed by atoms with van der Waals surface area (Å²) in [6.07, 6.45) is 1.72. The number of ether oxygens (including phenoxy) is 3. The van der Waals surface area contributed by atoms with Gasteiger partial charge in [0.2, 0.25) is 0 Å². The minimum atomic E-state index is -0.500. The number of fused-ring (bicyclic) bond motifs is 1. The Morgan fingerprint density at radius 2 is 1.97 bits per heavy atom. The van der Waals surface area contributed by atoms with Gasteiger partial charge < -0.3 is 19.2 Å². The SMILES string of the molecule is CCOc1cc(/C=C(/C#N)c2nc3cc(C)c(C)cc3[nH]2)cc(Br)c1OCC(=O)OC. The highest BCUT2D eigenvalue weighted by atomic mass is 79.9. The lowest BCUT2D eigenvalue weighted by atomic mass is 10.1. The molecule has 0 amide bonds. The lowest BCUT2D eigenvalue weighted by Crippen LogP contribution is -2.13. The number of hydrogen-bond acceptors (Lipinski definition) is 6. The minimum absolute atomic E-state index is 0.244. The number of aryl methyl sites for hydroxylation is 2. The first kappa shape index (κ1) is 22.4. The number of carbonyl (C=O) groups excluding carboxylic acids is 1. The number of methoxy groups -OCH3 is 1. The third kappa shape index (κ3) is 5.06. The summed E-state index contributed by atoms with van der Waals surface area (Å²) in [6, 6.07) is 9.75. The van der Waals surface area contributed by atoms with Crippen molar-refractivity contribution in [1.82, 2.24) is 9.97 Å². The molecule has 0 spiro atoms. The average Bonchev–Trinajstić information content (AvgIpc) is 3.14.